The number of aromatic nitrogens is 6. The van der Waals surface area contributed by atoms with Gasteiger partial charge in [-0.1, -0.05) is 0 Å². The smallest absolute Gasteiger partial charge is 0.266 e. The van der Waals surface area contributed by atoms with Gasteiger partial charge in [0.05, 0.1) is 12.2 Å². The lowest BCUT2D eigenvalue weighted by molar-refractivity contribution is 0.581. The SMILES string of the molecule is Cc1cc(C)n(-c2ccc(=O)n(CCNc3cc(N4CCCC4)ncn3)n2)n1. The van der Waals surface area contributed by atoms with E-state index in [0.29, 0.717) is 18.9 Å². The van der Waals surface area contributed by atoms with E-state index < -0.39 is 0 Å². The van der Waals surface area contributed by atoms with Crippen LogP contribution < -0.4 is 15.8 Å². The Morgan fingerprint density at radius 3 is 2.61 bits per heavy atom. The lowest BCUT2D eigenvalue weighted by atomic mass is 10.4. The Kier molecular flexibility index (Phi) is 5.05. The van der Waals surface area contributed by atoms with Gasteiger partial charge in [-0.25, -0.2) is 19.3 Å². The molecule has 0 bridgehead atoms. The summed E-state index contributed by atoms with van der Waals surface area (Å²) >= 11 is 0. The summed E-state index contributed by atoms with van der Waals surface area (Å²) in [6.07, 6.45) is 3.98. The second-order valence-corrected chi connectivity index (χ2v) is 6.97. The summed E-state index contributed by atoms with van der Waals surface area (Å²) in [6.45, 7) is 6.93. The quantitative estimate of drug-likeness (QED) is 0.693. The highest BCUT2D eigenvalue weighted by Gasteiger charge is 2.14. The van der Waals surface area contributed by atoms with Gasteiger partial charge < -0.3 is 10.2 Å². The lowest BCUT2D eigenvalue weighted by Gasteiger charge is -2.16. The first-order chi connectivity index (χ1) is 13.6. The van der Waals surface area contributed by atoms with Crippen LogP contribution in [0.25, 0.3) is 5.82 Å². The Balaban J connectivity index is 1.44. The topological polar surface area (TPSA) is 93.8 Å². The van der Waals surface area contributed by atoms with Crippen LogP contribution in [0.1, 0.15) is 24.2 Å². The molecule has 9 heteroatoms. The van der Waals surface area contributed by atoms with Gasteiger partial charge in [-0.2, -0.15) is 5.10 Å². The maximum absolute atomic E-state index is 12.2. The summed E-state index contributed by atoms with van der Waals surface area (Å²) in [6, 6.07) is 7.15. The number of hydrogen-bond acceptors (Lipinski definition) is 7. The minimum atomic E-state index is -0.146. The summed E-state index contributed by atoms with van der Waals surface area (Å²) < 4.78 is 3.19. The molecule has 28 heavy (non-hydrogen) atoms. The van der Waals surface area contributed by atoms with Crippen molar-refractivity contribution >= 4 is 11.6 Å². The van der Waals surface area contributed by atoms with Crippen LogP contribution in [-0.2, 0) is 6.54 Å². The van der Waals surface area contributed by atoms with Crippen molar-refractivity contribution in [3.05, 3.63) is 52.3 Å². The van der Waals surface area contributed by atoms with Crippen molar-refractivity contribution in [1.82, 2.24) is 29.5 Å². The molecule has 1 N–H and O–H groups in total. The van der Waals surface area contributed by atoms with Crippen molar-refractivity contribution < 1.29 is 0 Å². The van der Waals surface area contributed by atoms with Gasteiger partial charge in [-0.15, -0.1) is 5.10 Å². The summed E-state index contributed by atoms with van der Waals surface area (Å²) in [4.78, 5) is 23.1. The molecule has 4 rings (SSSR count). The second kappa shape index (κ2) is 7.79. The summed E-state index contributed by atoms with van der Waals surface area (Å²) in [7, 11) is 0. The lowest BCUT2D eigenvalue weighted by Crippen LogP contribution is -2.27. The van der Waals surface area contributed by atoms with E-state index in [-0.39, 0.29) is 5.56 Å². The van der Waals surface area contributed by atoms with Gasteiger partial charge in [0, 0.05) is 37.5 Å². The summed E-state index contributed by atoms with van der Waals surface area (Å²) in [5.74, 6) is 2.32. The zero-order chi connectivity index (χ0) is 19.5. The Labute approximate surface area is 163 Å². The van der Waals surface area contributed by atoms with Gasteiger partial charge in [0.2, 0.25) is 0 Å². The van der Waals surface area contributed by atoms with Crippen molar-refractivity contribution in [3.8, 4) is 5.82 Å². The van der Waals surface area contributed by atoms with Gasteiger partial charge in [0.15, 0.2) is 5.82 Å². The largest absolute Gasteiger partial charge is 0.368 e. The second-order valence-electron chi connectivity index (χ2n) is 6.97. The van der Waals surface area contributed by atoms with E-state index in [4.69, 9.17) is 0 Å². The van der Waals surface area contributed by atoms with E-state index in [0.717, 1.165) is 36.1 Å². The van der Waals surface area contributed by atoms with Crippen LogP contribution in [0, 0.1) is 13.8 Å². The third kappa shape index (κ3) is 3.88. The fraction of sp³-hybridized carbons (Fsp3) is 0.421. The van der Waals surface area contributed by atoms with Gasteiger partial charge in [0.25, 0.3) is 5.56 Å². The van der Waals surface area contributed by atoms with Crippen LogP contribution in [-0.4, -0.2) is 49.2 Å². The molecular weight excluding hydrogens is 356 g/mol. The summed E-state index contributed by atoms with van der Waals surface area (Å²) in [5.41, 5.74) is 1.74. The molecule has 146 valence electrons. The van der Waals surface area contributed by atoms with Crippen LogP contribution >= 0.6 is 0 Å². The standard InChI is InChI=1S/C19H24N8O/c1-14-11-15(2)27(23-14)17-5-6-19(28)26(24-17)10-7-20-16-12-18(22-13-21-16)25-8-3-4-9-25/h5-6,11-13H,3-4,7-10H2,1-2H3,(H,20,21,22). The monoisotopic (exact) mass is 380 g/mol. The highest BCUT2D eigenvalue weighted by Crippen LogP contribution is 2.19. The molecule has 0 spiro atoms. The maximum atomic E-state index is 12.2. The molecule has 0 saturated carbocycles. The van der Waals surface area contributed by atoms with Crippen molar-refractivity contribution in [2.75, 3.05) is 29.9 Å². The molecule has 1 aliphatic heterocycles. The van der Waals surface area contributed by atoms with Crippen LogP contribution in [0.4, 0.5) is 11.6 Å². The van der Waals surface area contributed by atoms with E-state index in [9.17, 15) is 4.79 Å². The Morgan fingerprint density at radius 2 is 1.86 bits per heavy atom. The van der Waals surface area contributed by atoms with Crippen molar-refractivity contribution in [1.29, 1.82) is 0 Å². The molecule has 1 saturated heterocycles. The minimum absolute atomic E-state index is 0.146. The third-order valence-electron chi connectivity index (χ3n) is 4.79. The van der Waals surface area contributed by atoms with Crippen LogP contribution in [0.5, 0.6) is 0 Å². The van der Waals surface area contributed by atoms with Crippen molar-refractivity contribution in [2.24, 2.45) is 0 Å². The van der Waals surface area contributed by atoms with Gasteiger partial charge in [-0.3, -0.25) is 4.79 Å². The number of hydrogen-bond donors (Lipinski definition) is 1. The molecule has 3 aromatic rings. The first kappa shape index (κ1) is 18.1. The van der Waals surface area contributed by atoms with E-state index in [1.807, 2.05) is 26.0 Å². The normalized spacial score (nSPS) is 13.9. The first-order valence-electron chi connectivity index (χ1n) is 9.53. The molecule has 1 aliphatic rings. The van der Waals surface area contributed by atoms with Gasteiger partial charge in [-0.05, 0) is 38.8 Å². The average Bonchev–Trinajstić information content (AvgIpc) is 3.33. The fourth-order valence-electron chi connectivity index (χ4n) is 3.42. The Morgan fingerprint density at radius 1 is 1.04 bits per heavy atom. The molecule has 0 atom stereocenters. The number of anilines is 2. The minimum Gasteiger partial charge on any atom is -0.368 e. The zero-order valence-electron chi connectivity index (χ0n) is 16.2. The predicted molar refractivity (Wildman–Crippen MR) is 107 cm³/mol. The molecule has 9 nitrogen and oxygen atoms in total. The number of rotatable bonds is 6. The molecule has 3 aromatic heterocycles. The number of nitrogens with zero attached hydrogens (tertiary/aromatic N) is 7. The van der Waals surface area contributed by atoms with Crippen molar-refractivity contribution in [2.45, 2.75) is 33.2 Å². The molecule has 4 heterocycles. The number of aryl methyl sites for hydroxylation is 2. The zero-order valence-corrected chi connectivity index (χ0v) is 16.2. The molecule has 0 aromatic carbocycles. The average molecular weight is 380 g/mol. The van der Waals surface area contributed by atoms with Crippen molar-refractivity contribution in [3.63, 3.8) is 0 Å². The van der Waals surface area contributed by atoms with Crippen LogP contribution in [0.2, 0.25) is 0 Å². The Hall–Kier alpha value is -3.23. The molecule has 1 fully saturated rings. The highest BCUT2D eigenvalue weighted by molar-refractivity contribution is 5.48. The Bertz CT molecular complexity index is 1020. The molecule has 0 radical (unpaired) electrons. The van der Waals surface area contributed by atoms with Gasteiger partial charge in [0.1, 0.15) is 18.0 Å². The van der Waals surface area contributed by atoms with E-state index in [1.165, 1.54) is 23.6 Å². The van der Waals surface area contributed by atoms with E-state index in [2.05, 4.69) is 30.4 Å². The first-order valence-corrected chi connectivity index (χ1v) is 9.53. The number of nitrogens with one attached hydrogen (secondary N) is 1. The molecule has 0 amide bonds. The fourth-order valence-corrected chi connectivity index (χ4v) is 3.42. The van der Waals surface area contributed by atoms with E-state index >= 15 is 0 Å². The maximum Gasteiger partial charge on any atom is 0.266 e. The highest BCUT2D eigenvalue weighted by atomic mass is 16.1. The van der Waals surface area contributed by atoms with Crippen LogP contribution in [0.3, 0.4) is 0 Å². The van der Waals surface area contributed by atoms with E-state index in [1.54, 1.807) is 17.1 Å². The van der Waals surface area contributed by atoms with Gasteiger partial charge >= 0.3 is 0 Å². The predicted octanol–water partition coefficient (Wildman–Crippen LogP) is 1.55. The summed E-state index contributed by atoms with van der Waals surface area (Å²) in [5, 5.41) is 12.1. The van der Waals surface area contributed by atoms with Crippen LogP contribution in [0.15, 0.2) is 35.4 Å². The molecule has 0 aliphatic carbocycles. The molecule has 0 unspecified atom stereocenters. The third-order valence-corrected chi connectivity index (χ3v) is 4.79. The molecular formula is C19H24N8O.